The predicted octanol–water partition coefficient (Wildman–Crippen LogP) is 3.60. The lowest BCUT2D eigenvalue weighted by atomic mass is 10.2. The van der Waals surface area contributed by atoms with E-state index in [4.69, 9.17) is 0 Å². The van der Waals surface area contributed by atoms with Gasteiger partial charge in [0.15, 0.2) is 9.84 Å². The van der Waals surface area contributed by atoms with Crippen LogP contribution in [0.5, 0.6) is 0 Å². The van der Waals surface area contributed by atoms with Crippen molar-refractivity contribution in [2.75, 3.05) is 6.26 Å². The molecule has 0 bridgehead atoms. The zero-order valence-corrected chi connectivity index (χ0v) is 12.6. The third-order valence-corrected chi connectivity index (χ3v) is 4.15. The van der Waals surface area contributed by atoms with Gasteiger partial charge >= 0.3 is 0 Å². The van der Waals surface area contributed by atoms with Crippen LogP contribution in [-0.2, 0) is 9.84 Å². The van der Waals surface area contributed by atoms with Crippen molar-refractivity contribution in [2.45, 2.75) is 4.90 Å². The summed E-state index contributed by atoms with van der Waals surface area (Å²) in [4.78, 5) is 4.63. The van der Waals surface area contributed by atoms with Gasteiger partial charge in [-0.25, -0.2) is 8.42 Å². The molecule has 19 heavy (non-hydrogen) atoms. The lowest BCUT2D eigenvalue weighted by Crippen LogP contribution is -1.96. The summed E-state index contributed by atoms with van der Waals surface area (Å²) in [5.74, 6) is 0. The van der Waals surface area contributed by atoms with Crippen molar-refractivity contribution < 1.29 is 8.42 Å². The van der Waals surface area contributed by atoms with E-state index in [1.807, 2.05) is 24.3 Å². The Morgan fingerprint density at radius 3 is 2.11 bits per heavy atom. The molecule has 0 heterocycles. The van der Waals surface area contributed by atoms with Crippen LogP contribution >= 0.6 is 15.9 Å². The highest BCUT2D eigenvalue weighted by Gasteiger charge is 2.05. The molecule has 0 atom stereocenters. The van der Waals surface area contributed by atoms with Crippen LogP contribution in [0.25, 0.3) is 0 Å². The normalized spacial score (nSPS) is 11.9. The second kappa shape index (κ2) is 5.67. The summed E-state index contributed by atoms with van der Waals surface area (Å²) >= 11 is 3.36. The number of halogens is 1. The van der Waals surface area contributed by atoms with Gasteiger partial charge in [0.2, 0.25) is 0 Å². The van der Waals surface area contributed by atoms with E-state index in [1.54, 1.807) is 30.5 Å². The SMILES string of the molecule is CS(=O)(=O)c1ccc(C=Nc2ccc(Br)cc2)cc1. The largest absolute Gasteiger partial charge is 0.256 e. The fourth-order valence-electron chi connectivity index (χ4n) is 1.48. The molecule has 2 aromatic carbocycles. The summed E-state index contributed by atoms with van der Waals surface area (Å²) in [6.07, 6.45) is 2.90. The molecule has 2 aromatic rings. The number of hydrogen-bond donors (Lipinski definition) is 0. The zero-order chi connectivity index (χ0) is 13.9. The second-order valence-corrected chi connectivity index (χ2v) is 7.01. The van der Waals surface area contributed by atoms with Gasteiger partial charge in [-0.05, 0) is 42.0 Å². The Bertz CT molecular complexity index is 689. The summed E-state index contributed by atoms with van der Waals surface area (Å²) in [5, 5.41) is 0. The van der Waals surface area contributed by atoms with Crippen LogP contribution in [0.3, 0.4) is 0 Å². The minimum Gasteiger partial charge on any atom is -0.256 e. The molecule has 0 spiro atoms. The number of hydrogen-bond acceptors (Lipinski definition) is 3. The quantitative estimate of drug-likeness (QED) is 0.803. The molecule has 0 N–H and O–H groups in total. The standard InChI is InChI=1S/C14H12BrNO2S/c1-19(17,18)14-8-2-11(3-9-14)10-16-13-6-4-12(15)5-7-13/h2-10H,1H3. The highest BCUT2D eigenvalue weighted by molar-refractivity contribution is 9.10. The van der Waals surface area contributed by atoms with Crippen molar-refractivity contribution in [3.8, 4) is 0 Å². The smallest absolute Gasteiger partial charge is 0.175 e. The van der Waals surface area contributed by atoms with Gasteiger partial charge in [0.05, 0.1) is 10.6 Å². The fraction of sp³-hybridized carbons (Fsp3) is 0.0714. The third kappa shape index (κ3) is 4.01. The van der Waals surface area contributed by atoms with E-state index in [2.05, 4.69) is 20.9 Å². The number of aliphatic imine (C=N–C) groups is 1. The number of benzene rings is 2. The number of nitrogens with zero attached hydrogens (tertiary/aromatic N) is 1. The van der Waals surface area contributed by atoms with Crippen LogP contribution in [-0.4, -0.2) is 20.9 Å². The van der Waals surface area contributed by atoms with Crippen LogP contribution in [0.2, 0.25) is 0 Å². The van der Waals surface area contributed by atoms with E-state index in [1.165, 1.54) is 6.26 Å². The number of rotatable bonds is 3. The van der Waals surface area contributed by atoms with Gasteiger partial charge in [0.25, 0.3) is 0 Å². The molecule has 0 saturated heterocycles. The first-order chi connectivity index (χ1) is 8.95. The van der Waals surface area contributed by atoms with Crippen molar-refractivity contribution in [2.24, 2.45) is 4.99 Å². The van der Waals surface area contributed by atoms with Gasteiger partial charge in [-0.3, -0.25) is 4.99 Å². The Morgan fingerprint density at radius 2 is 1.58 bits per heavy atom. The van der Waals surface area contributed by atoms with Gasteiger partial charge in [-0.2, -0.15) is 0 Å². The van der Waals surface area contributed by atoms with Gasteiger partial charge < -0.3 is 0 Å². The molecule has 0 saturated carbocycles. The maximum atomic E-state index is 11.3. The molecule has 3 nitrogen and oxygen atoms in total. The van der Waals surface area contributed by atoms with E-state index in [0.717, 1.165) is 15.7 Å². The summed E-state index contributed by atoms with van der Waals surface area (Å²) in [6, 6.07) is 14.3. The first-order valence-electron chi connectivity index (χ1n) is 5.55. The Hall–Kier alpha value is -1.46. The van der Waals surface area contributed by atoms with E-state index < -0.39 is 9.84 Å². The maximum Gasteiger partial charge on any atom is 0.175 e. The molecule has 0 aliphatic heterocycles. The van der Waals surface area contributed by atoms with Gasteiger partial charge in [0.1, 0.15) is 0 Å². The zero-order valence-electron chi connectivity index (χ0n) is 10.2. The van der Waals surface area contributed by atoms with Crippen molar-refractivity contribution in [3.05, 3.63) is 58.6 Å². The lowest BCUT2D eigenvalue weighted by Gasteiger charge is -1.98. The van der Waals surface area contributed by atoms with E-state index in [0.29, 0.717) is 4.90 Å². The minimum atomic E-state index is -3.14. The average molecular weight is 338 g/mol. The molecule has 0 fully saturated rings. The van der Waals surface area contributed by atoms with Crippen LogP contribution in [0.1, 0.15) is 5.56 Å². The lowest BCUT2D eigenvalue weighted by molar-refractivity contribution is 0.602. The Kier molecular flexibility index (Phi) is 4.17. The van der Waals surface area contributed by atoms with Crippen molar-refractivity contribution in [1.29, 1.82) is 0 Å². The minimum absolute atomic E-state index is 0.313. The summed E-state index contributed by atoms with van der Waals surface area (Å²) in [5.41, 5.74) is 1.70. The van der Waals surface area contributed by atoms with Crippen molar-refractivity contribution in [1.82, 2.24) is 0 Å². The molecule has 2 rings (SSSR count). The van der Waals surface area contributed by atoms with Crippen LogP contribution in [0, 0.1) is 0 Å². The van der Waals surface area contributed by atoms with E-state index >= 15 is 0 Å². The Morgan fingerprint density at radius 1 is 1.00 bits per heavy atom. The molecule has 5 heteroatoms. The summed E-state index contributed by atoms with van der Waals surface area (Å²) < 4.78 is 23.6. The molecular formula is C14H12BrNO2S. The topological polar surface area (TPSA) is 46.5 Å². The van der Waals surface area contributed by atoms with Crippen LogP contribution in [0.15, 0.2) is 62.9 Å². The Balaban J connectivity index is 2.18. The summed E-state index contributed by atoms with van der Waals surface area (Å²) in [6.45, 7) is 0. The molecule has 0 aliphatic carbocycles. The molecule has 0 radical (unpaired) electrons. The molecule has 0 aliphatic rings. The molecular weight excluding hydrogens is 326 g/mol. The molecule has 0 unspecified atom stereocenters. The molecule has 98 valence electrons. The highest BCUT2D eigenvalue weighted by atomic mass is 79.9. The Labute approximate surface area is 121 Å². The van der Waals surface area contributed by atoms with E-state index in [9.17, 15) is 8.42 Å². The summed E-state index contributed by atoms with van der Waals surface area (Å²) in [7, 11) is -3.14. The van der Waals surface area contributed by atoms with Crippen LogP contribution < -0.4 is 0 Å². The third-order valence-electron chi connectivity index (χ3n) is 2.50. The molecule has 0 amide bonds. The maximum absolute atomic E-state index is 11.3. The van der Waals surface area contributed by atoms with Gasteiger partial charge in [-0.15, -0.1) is 0 Å². The van der Waals surface area contributed by atoms with Crippen molar-refractivity contribution in [3.63, 3.8) is 0 Å². The first kappa shape index (κ1) is 14.0. The van der Waals surface area contributed by atoms with Gasteiger partial charge in [0, 0.05) is 16.9 Å². The van der Waals surface area contributed by atoms with Crippen LogP contribution in [0.4, 0.5) is 5.69 Å². The molecule has 0 aromatic heterocycles. The highest BCUT2D eigenvalue weighted by Crippen LogP contribution is 2.17. The number of sulfone groups is 1. The second-order valence-electron chi connectivity index (χ2n) is 4.08. The van der Waals surface area contributed by atoms with Crippen molar-refractivity contribution >= 4 is 37.7 Å². The predicted molar refractivity (Wildman–Crippen MR) is 80.9 cm³/mol. The van der Waals surface area contributed by atoms with E-state index in [-0.39, 0.29) is 0 Å². The fourth-order valence-corrected chi connectivity index (χ4v) is 2.37. The average Bonchev–Trinajstić information content (AvgIpc) is 2.37. The first-order valence-corrected chi connectivity index (χ1v) is 8.23. The monoisotopic (exact) mass is 337 g/mol. The van der Waals surface area contributed by atoms with Gasteiger partial charge in [-0.1, -0.05) is 28.1 Å².